The first kappa shape index (κ1) is 9.61. The second-order valence-corrected chi connectivity index (χ2v) is 0.562. The highest BCUT2D eigenvalue weighted by molar-refractivity contribution is 7.59. The molecule has 0 bridgehead atoms. The van der Waals surface area contributed by atoms with Crippen molar-refractivity contribution in [3.63, 3.8) is 0 Å². The quantitative estimate of drug-likeness (QED) is 0.369. The summed E-state index contributed by atoms with van der Waals surface area (Å²) in [6.07, 6.45) is 0. The summed E-state index contributed by atoms with van der Waals surface area (Å²) in [5.74, 6) is 0. The van der Waals surface area contributed by atoms with Gasteiger partial charge in [0.15, 0.2) is 0 Å². The normalized spacial score (nSPS) is 6.33. The average Bonchev–Trinajstić information content (AvgIpc) is 1.38. The van der Waals surface area contributed by atoms with Crippen LogP contribution in [0.15, 0.2) is 0 Å². The summed E-state index contributed by atoms with van der Waals surface area (Å²) >= 11 is 0. The summed E-state index contributed by atoms with van der Waals surface area (Å²) in [6, 6.07) is 0. The molecule has 6 heteroatoms. The molecular weight excluding hydrogens is 102 g/mol. The van der Waals surface area contributed by atoms with E-state index in [0.717, 1.165) is 0 Å². The average molecular weight is 108 g/mol. The lowest BCUT2D eigenvalue weighted by molar-refractivity contribution is 0.299. The molecule has 0 atom stereocenters. The van der Waals surface area contributed by atoms with Gasteiger partial charge in [-0.1, -0.05) is 0 Å². The van der Waals surface area contributed by atoms with Gasteiger partial charge in [-0.3, -0.25) is 0 Å². The first-order valence-electron chi connectivity index (χ1n) is 1.16. The molecule has 0 aromatic heterocycles. The molecule has 0 unspecified atom stereocenters. The van der Waals surface area contributed by atoms with Crippen LogP contribution in [0.1, 0.15) is 0 Å². The van der Waals surface area contributed by atoms with Crippen LogP contribution in [0.5, 0.6) is 0 Å². The van der Waals surface area contributed by atoms with Crippen LogP contribution in [0.25, 0.3) is 0 Å². The smallest absolute Gasteiger partial charge is 0.456 e. The van der Waals surface area contributed by atoms with Crippen LogP contribution < -0.4 is 0 Å². The van der Waals surface area contributed by atoms with Gasteiger partial charge in [0, 0.05) is 0 Å². The summed E-state index contributed by atoms with van der Waals surface area (Å²) in [4.78, 5) is 0. The lowest BCUT2D eigenvalue weighted by atomic mass is 10.2. The van der Waals surface area contributed by atoms with E-state index in [2.05, 4.69) is 4.57 Å². The van der Waals surface area contributed by atoms with Crippen LogP contribution in [0.3, 0.4) is 0 Å². The van der Waals surface area contributed by atoms with E-state index >= 15 is 0 Å². The molecule has 0 aliphatic rings. The molecule has 0 spiro atoms. The van der Waals surface area contributed by atoms with Crippen molar-refractivity contribution in [3.05, 3.63) is 0 Å². The second-order valence-electron chi connectivity index (χ2n) is 0.562. The molecule has 3 nitrogen and oxygen atoms in total. The second kappa shape index (κ2) is 5.36. The molecular formula is H6B2O3S. The van der Waals surface area contributed by atoms with Crippen molar-refractivity contribution < 1.29 is 14.6 Å². The molecule has 0 rings (SSSR count). The van der Waals surface area contributed by atoms with Crippen LogP contribution in [0, 0.1) is 0 Å². The van der Waals surface area contributed by atoms with Crippen molar-refractivity contribution in [3.8, 4) is 0 Å². The fourth-order valence-corrected chi connectivity index (χ4v) is 0. The Morgan fingerprint density at radius 2 is 1.67 bits per heavy atom. The summed E-state index contributed by atoms with van der Waals surface area (Å²) in [5.41, 5.74) is 0. The Hall–Kier alpha value is 0.360. The van der Waals surface area contributed by atoms with E-state index in [1.54, 1.807) is 0 Å². The van der Waals surface area contributed by atoms with Crippen LogP contribution in [-0.4, -0.2) is 25.4 Å². The number of hydrogen-bond acceptors (Lipinski definition) is 3. The van der Waals surface area contributed by atoms with E-state index in [9.17, 15) is 0 Å². The summed E-state index contributed by atoms with van der Waals surface area (Å²) in [6.45, 7) is 0. The molecule has 0 saturated heterocycles. The molecule has 36 valence electrons. The first-order valence-corrected chi connectivity index (χ1v) is 1.16. The van der Waals surface area contributed by atoms with Gasteiger partial charge < -0.3 is 14.6 Å². The number of hydrogen-bond donors (Lipinski definition) is 2. The van der Waals surface area contributed by atoms with Gasteiger partial charge in [-0.2, -0.15) is 13.5 Å². The topological polar surface area (TPSA) is 49.7 Å². The highest BCUT2D eigenvalue weighted by Crippen LogP contribution is 1.58. The van der Waals surface area contributed by atoms with Crippen molar-refractivity contribution in [1.82, 2.24) is 0 Å². The van der Waals surface area contributed by atoms with Crippen molar-refractivity contribution in [2.75, 3.05) is 0 Å². The van der Waals surface area contributed by atoms with Crippen molar-refractivity contribution in [2.24, 2.45) is 0 Å². The Kier molecular flexibility index (Phi) is 8.59. The molecule has 0 aromatic rings. The van der Waals surface area contributed by atoms with E-state index in [1.165, 1.54) is 8.05 Å². The predicted octanol–water partition coefficient (Wildman–Crippen LogP) is -2.37. The van der Waals surface area contributed by atoms with E-state index in [-0.39, 0.29) is 13.5 Å². The highest BCUT2D eigenvalue weighted by Gasteiger charge is 1.99. The van der Waals surface area contributed by atoms with Crippen LogP contribution >= 0.6 is 13.5 Å². The molecule has 0 aliphatic carbocycles. The zero-order valence-corrected chi connectivity index (χ0v) is 4.38. The van der Waals surface area contributed by atoms with Gasteiger partial charge in [-0.05, 0) is 0 Å². The lowest BCUT2D eigenvalue weighted by Gasteiger charge is -1.85. The molecule has 0 heterocycles. The maximum Gasteiger partial charge on any atom is 0.617 e. The summed E-state index contributed by atoms with van der Waals surface area (Å²) in [7, 11) is -0.417. The standard InChI is InChI=1S/B2H4O3.H2S/c1-5-2(3)4;/h3-4H,1H2;1H2. The molecule has 0 fully saturated rings. The van der Waals surface area contributed by atoms with Crippen LogP contribution in [0.4, 0.5) is 0 Å². The van der Waals surface area contributed by atoms with Crippen molar-refractivity contribution in [1.29, 1.82) is 0 Å². The maximum absolute atomic E-state index is 7.69. The molecule has 2 N–H and O–H groups in total. The monoisotopic (exact) mass is 108 g/mol. The van der Waals surface area contributed by atoms with Gasteiger partial charge in [0.1, 0.15) is 0 Å². The molecule has 0 aromatic carbocycles. The third-order valence-electron chi connectivity index (χ3n) is 0.211. The minimum Gasteiger partial charge on any atom is -0.456 e. The van der Waals surface area contributed by atoms with Crippen LogP contribution in [-0.2, 0) is 4.57 Å². The number of rotatable bonds is 1. The lowest BCUT2D eigenvalue weighted by Crippen LogP contribution is -2.13. The van der Waals surface area contributed by atoms with Gasteiger partial charge in [0.2, 0.25) is 8.05 Å². The third kappa shape index (κ3) is 8.84. The fraction of sp³-hybridized carbons (Fsp3) is 0. The van der Waals surface area contributed by atoms with E-state index in [1.807, 2.05) is 0 Å². The van der Waals surface area contributed by atoms with E-state index in [0.29, 0.717) is 0 Å². The van der Waals surface area contributed by atoms with E-state index in [4.69, 9.17) is 10.0 Å². The van der Waals surface area contributed by atoms with Crippen LogP contribution in [0.2, 0.25) is 0 Å². The minimum atomic E-state index is -1.62. The predicted molar refractivity (Wildman–Crippen MR) is 30.2 cm³/mol. The Morgan fingerprint density at radius 1 is 1.50 bits per heavy atom. The van der Waals surface area contributed by atoms with Gasteiger partial charge >= 0.3 is 7.32 Å². The van der Waals surface area contributed by atoms with Crippen molar-refractivity contribution in [2.45, 2.75) is 0 Å². The van der Waals surface area contributed by atoms with Gasteiger partial charge in [0.05, 0.1) is 0 Å². The van der Waals surface area contributed by atoms with Crippen molar-refractivity contribution >= 4 is 28.9 Å². The Balaban J connectivity index is 0. The van der Waals surface area contributed by atoms with Gasteiger partial charge in [-0.15, -0.1) is 0 Å². The van der Waals surface area contributed by atoms with Gasteiger partial charge in [0.25, 0.3) is 0 Å². The molecule has 6 heavy (non-hydrogen) atoms. The Morgan fingerprint density at radius 3 is 1.67 bits per heavy atom. The Bertz CT molecular complexity index is 22.8. The molecule has 0 aliphatic heterocycles. The van der Waals surface area contributed by atoms with Gasteiger partial charge in [-0.25, -0.2) is 0 Å². The fourth-order valence-electron chi connectivity index (χ4n) is 0. The molecule has 0 saturated carbocycles. The first-order chi connectivity index (χ1) is 2.27. The largest absolute Gasteiger partial charge is 0.617 e. The zero-order valence-electron chi connectivity index (χ0n) is 3.38. The Labute approximate surface area is 44.4 Å². The maximum atomic E-state index is 7.69. The summed E-state index contributed by atoms with van der Waals surface area (Å²) < 4.78 is 3.86. The minimum absolute atomic E-state index is 0. The summed E-state index contributed by atoms with van der Waals surface area (Å²) in [5, 5.41) is 15.4. The zero-order chi connectivity index (χ0) is 4.28. The van der Waals surface area contributed by atoms with E-state index < -0.39 is 7.32 Å². The molecule has 0 radical (unpaired) electrons. The highest BCUT2D eigenvalue weighted by atomic mass is 32.1. The molecule has 0 amide bonds. The SMILES string of the molecule is BOB(O)O.S. The third-order valence-corrected chi connectivity index (χ3v) is 0.211.